The van der Waals surface area contributed by atoms with Gasteiger partial charge in [0.05, 0.1) is 6.10 Å². The van der Waals surface area contributed by atoms with Crippen molar-refractivity contribution in [1.82, 2.24) is 0 Å². The number of aliphatic hydroxyl groups excluding tert-OH is 1. The first-order valence-corrected chi connectivity index (χ1v) is 5.48. The largest absolute Gasteiger partial charge is 0.387 e. The summed E-state index contributed by atoms with van der Waals surface area (Å²) in [5.74, 6) is 0. The van der Waals surface area contributed by atoms with Gasteiger partial charge in [-0.3, -0.25) is 5.41 Å². The Hall–Kier alpha value is -1.00. The smallest absolute Gasteiger partial charge is 0.188 e. The van der Waals surface area contributed by atoms with Crippen molar-refractivity contribution in [3.63, 3.8) is 0 Å². The minimum absolute atomic E-state index is 0.0289. The standard InChI is InChI=1S/C11H13BrN2O/c12-11(13)14-8-10(15)7-6-9-4-2-1-3-5-9/h1-5,8,10,13,15H,6-7H2/b13-11?,14-8+. The van der Waals surface area contributed by atoms with Crippen LogP contribution in [0.1, 0.15) is 12.0 Å². The van der Waals surface area contributed by atoms with Crippen molar-refractivity contribution in [2.75, 3.05) is 0 Å². The van der Waals surface area contributed by atoms with Crippen LogP contribution in [0.2, 0.25) is 0 Å². The van der Waals surface area contributed by atoms with Gasteiger partial charge in [-0.05, 0) is 34.3 Å². The van der Waals surface area contributed by atoms with Gasteiger partial charge in [0.1, 0.15) is 0 Å². The monoisotopic (exact) mass is 268 g/mol. The predicted octanol–water partition coefficient (Wildman–Crippen LogP) is 2.38. The zero-order valence-corrected chi connectivity index (χ0v) is 9.81. The molecule has 4 heteroatoms. The number of aliphatic imine (C=N–C) groups is 1. The summed E-state index contributed by atoms with van der Waals surface area (Å²) in [6.45, 7) is 0. The van der Waals surface area contributed by atoms with Crippen molar-refractivity contribution in [1.29, 1.82) is 5.41 Å². The molecule has 0 radical (unpaired) electrons. The summed E-state index contributed by atoms with van der Waals surface area (Å²) in [6.07, 6.45) is 2.21. The van der Waals surface area contributed by atoms with Crippen LogP contribution in [-0.2, 0) is 6.42 Å². The third kappa shape index (κ3) is 5.44. The van der Waals surface area contributed by atoms with E-state index in [9.17, 15) is 5.11 Å². The SMILES string of the molecule is N=C(Br)/N=C/C(O)CCc1ccccc1. The van der Waals surface area contributed by atoms with E-state index in [0.29, 0.717) is 6.42 Å². The Bertz CT molecular complexity index is 338. The second-order valence-electron chi connectivity index (χ2n) is 3.16. The molecule has 0 amide bonds. The van der Waals surface area contributed by atoms with Gasteiger partial charge in [-0.25, -0.2) is 4.99 Å². The Morgan fingerprint density at radius 1 is 1.47 bits per heavy atom. The lowest BCUT2D eigenvalue weighted by atomic mass is 10.1. The number of aryl methyl sites for hydroxylation is 1. The number of amidine groups is 1. The molecule has 0 aromatic heterocycles. The van der Waals surface area contributed by atoms with Crippen LogP contribution in [0.4, 0.5) is 0 Å². The molecule has 0 fully saturated rings. The highest BCUT2D eigenvalue weighted by atomic mass is 79.9. The number of hydrogen-bond acceptors (Lipinski definition) is 2. The first-order valence-electron chi connectivity index (χ1n) is 4.68. The van der Waals surface area contributed by atoms with Gasteiger partial charge in [0.25, 0.3) is 0 Å². The van der Waals surface area contributed by atoms with Crippen molar-refractivity contribution < 1.29 is 5.11 Å². The average Bonchev–Trinajstić information content (AvgIpc) is 2.25. The lowest BCUT2D eigenvalue weighted by Gasteiger charge is -2.04. The quantitative estimate of drug-likeness (QED) is 0.492. The van der Waals surface area contributed by atoms with E-state index in [-0.39, 0.29) is 4.74 Å². The van der Waals surface area contributed by atoms with Gasteiger partial charge < -0.3 is 5.11 Å². The molecule has 0 saturated carbocycles. The highest BCUT2D eigenvalue weighted by Gasteiger charge is 2.00. The minimum atomic E-state index is -0.594. The molecule has 80 valence electrons. The molecule has 0 aliphatic rings. The highest BCUT2D eigenvalue weighted by molar-refractivity contribution is 9.18. The number of rotatable bonds is 4. The molecule has 1 aromatic carbocycles. The summed E-state index contributed by atoms with van der Waals surface area (Å²) in [4.78, 5) is 3.66. The molecule has 1 rings (SSSR count). The van der Waals surface area contributed by atoms with Crippen LogP contribution in [-0.4, -0.2) is 22.2 Å². The number of halogens is 1. The molecular formula is C11H13BrN2O. The van der Waals surface area contributed by atoms with Crippen molar-refractivity contribution in [3.05, 3.63) is 35.9 Å². The topological polar surface area (TPSA) is 56.4 Å². The van der Waals surface area contributed by atoms with Crippen molar-refractivity contribution in [2.45, 2.75) is 18.9 Å². The third-order valence-electron chi connectivity index (χ3n) is 1.93. The maximum absolute atomic E-state index is 9.49. The second kappa shape index (κ2) is 6.48. The zero-order chi connectivity index (χ0) is 11.1. The Labute approximate surface area is 97.5 Å². The van der Waals surface area contributed by atoms with Crippen LogP contribution in [0.3, 0.4) is 0 Å². The van der Waals surface area contributed by atoms with Crippen LogP contribution < -0.4 is 0 Å². The number of benzene rings is 1. The van der Waals surface area contributed by atoms with Crippen molar-refractivity contribution in [3.8, 4) is 0 Å². The van der Waals surface area contributed by atoms with Gasteiger partial charge in [-0.1, -0.05) is 30.3 Å². The first-order chi connectivity index (χ1) is 7.18. The van der Waals surface area contributed by atoms with Crippen LogP contribution in [0, 0.1) is 5.41 Å². The van der Waals surface area contributed by atoms with Crippen molar-refractivity contribution in [2.24, 2.45) is 4.99 Å². The fourth-order valence-corrected chi connectivity index (χ4v) is 1.30. The molecule has 0 spiro atoms. The molecule has 0 saturated heterocycles. The Balaban J connectivity index is 2.34. The van der Waals surface area contributed by atoms with Gasteiger partial charge in [0.15, 0.2) is 4.74 Å². The summed E-state index contributed by atoms with van der Waals surface area (Å²) >= 11 is 2.87. The van der Waals surface area contributed by atoms with Crippen LogP contribution >= 0.6 is 15.9 Å². The van der Waals surface area contributed by atoms with E-state index in [0.717, 1.165) is 6.42 Å². The van der Waals surface area contributed by atoms with E-state index in [1.807, 2.05) is 30.3 Å². The minimum Gasteiger partial charge on any atom is -0.387 e. The van der Waals surface area contributed by atoms with Gasteiger partial charge in [-0.2, -0.15) is 0 Å². The summed E-state index contributed by atoms with van der Waals surface area (Å²) in [7, 11) is 0. The molecule has 1 atom stereocenters. The van der Waals surface area contributed by atoms with Gasteiger partial charge >= 0.3 is 0 Å². The number of nitrogens with one attached hydrogen (secondary N) is 1. The predicted molar refractivity (Wildman–Crippen MR) is 65.9 cm³/mol. The van der Waals surface area contributed by atoms with Crippen molar-refractivity contribution >= 4 is 26.9 Å². The summed E-state index contributed by atoms with van der Waals surface area (Å²) in [6, 6.07) is 9.97. The maximum Gasteiger partial charge on any atom is 0.188 e. The zero-order valence-electron chi connectivity index (χ0n) is 8.23. The number of nitrogens with zero attached hydrogens (tertiary/aromatic N) is 1. The summed E-state index contributed by atoms with van der Waals surface area (Å²) < 4.78 is 0.0289. The summed E-state index contributed by atoms with van der Waals surface area (Å²) in [5, 5.41) is 16.5. The molecule has 0 aliphatic carbocycles. The fraction of sp³-hybridized carbons (Fsp3) is 0.273. The number of hydrogen-bond donors (Lipinski definition) is 2. The number of aliphatic hydroxyl groups is 1. The molecular weight excluding hydrogens is 256 g/mol. The van der Waals surface area contributed by atoms with Crippen LogP contribution in [0.5, 0.6) is 0 Å². The van der Waals surface area contributed by atoms with Gasteiger partial charge in [-0.15, -0.1) is 0 Å². The van der Waals surface area contributed by atoms with E-state index >= 15 is 0 Å². The van der Waals surface area contributed by atoms with E-state index in [1.54, 1.807) is 0 Å². The first kappa shape index (κ1) is 12.1. The molecule has 0 aliphatic heterocycles. The molecule has 15 heavy (non-hydrogen) atoms. The Morgan fingerprint density at radius 2 is 2.13 bits per heavy atom. The van der Waals surface area contributed by atoms with Gasteiger partial charge in [0.2, 0.25) is 0 Å². The maximum atomic E-state index is 9.49. The van der Waals surface area contributed by atoms with E-state index in [4.69, 9.17) is 5.41 Å². The van der Waals surface area contributed by atoms with Crippen LogP contribution in [0.25, 0.3) is 0 Å². The van der Waals surface area contributed by atoms with Gasteiger partial charge in [0, 0.05) is 6.21 Å². The Morgan fingerprint density at radius 3 is 2.73 bits per heavy atom. The lowest BCUT2D eigenvalue weighted by Crippen LogP contribution is -2.09. The lowest BCUT2D eigenvalue weighted by molar-refractivity contribution is 0.236. The average molecular weight is 269 g/mol. The molecule has 3 nitrogen and oxygen atoms in total. The normalized spacial score (nSPS) is 12.9. The Kier molecular flexibility index (Phi) is 5.21. The molecule has 1 unspecified atom stereocenters. The van der Waals surface area contributed by atoms with E-state index in [2.05, 4.69) is 20.9 Å². The second-order valence-corrected chi connectivity index (χ2v) is 3.91. The fourth-order valence-electron chi connectivity index (χ4n) is 1.19. The van der Waals surface area contributed by atoms with Crippen LogP contribution in [0.15, 0.2) is 35.3 Å². The van der Waals surface area contributed by atoms with E-state index in [1.165, 1.54) is 11.8 Å². The van der Waals surface area contributed by atoms with E-state index < -0.39 is 6.10 Å². The summed E-state index contributed by atoms with van der Waals surface area (Å²) in [5.41, 5.74) is 1.19. The molecule has 1 aromatic rings. The third-order valence-corrected chi connectivity index (χ3v) is 2.14. The molecule has 0 heterocycles. The molecule has 2 N–H and O–H groups in total. The highest BCUT2D eigenvalue weighted by Crippen LogP contribution is 2.04. The molecule has 0 bridgehead atoms.